The average molecular weight is 213 g/mol. The van der Waals surface area contributed by atoms with Crippen molar-refractivity contribution in [2.24, 2.45) is 0 Å². The second-order valence-corrected chi connectivity index (χ2v) is 3.09. The molecule has 0 radical (unpaired) electrons. The highest BCUT2D eigenvalue weighted by molar-refractivity contribution is 5.31. The number of aromatic nitrogens is 7. The van der Waals surface area contributed by atoms with Gasteiger partial charge < -0.3 is 0 Å². The van der Waals surface area contributed by atoms with E-state index >= 15 is 0 Å². The minimum absolute atomic E-state index is 0.746. The molecule has 16 heavy (non-hydrogen) atoms. The second kappa shape index (κ2) is 3.54. The third-order valence-corrected chi connectivity index (χ3v) is 2.09. The van der Waals surface area contributed by atoms with Crippen molar-refractivity contribution < 1.29 is 0 Å². The Morgan fingerprint density at radius 1 is 0.688 bits per heavy atom. The second-order valence-electron chi connectivity index (χ2n) is 3.09. The molecule has 0 bridgehead atoms. The number of hydrogen-bond acceptors (Lipinski definition) is 5. The lowest BCUT2D eigenvalue weighted by atomic mass is 10.4. The van der Waals surface area contributed by atoms with Crippen LogP contribution in [0, 0.1) is 0 Å². The molecule has 3 aromatic rings. The van der Waals surface area contributed by atoms with Crippen LogP contribution in [-0.4, -0.2) is 34.5 Å². The van der Waals surface area contributed by atoms with Crippen LogP contribution in [0.4, 0.5) is 0 Å². The zero-order valence-electron chi connectivity index (χ0n) is 8.17. The predicted octanol–water partition coefficient (Wildman–Crippen LogP) is 0.243. The standard InChI is InChI=1S/C9H7N7/c1-2-8(15-4-10-11-5-15)14-9(3-1)16-6-12-13-7-16/h1-7H. The molecule has 0 amide bonds. The van der Waals surface area contributed by atoms with Gasteiger partial charge in [-0.25, -0.2) is 4.98 Å². The Hall–Kier alpha value is -2.57. The molecule has 0 aliphatic carbocycles. The van der Waals surface area contributed by atoms with E-state index in [0.717, 1.165) is 11.6 Å². The highest BCUT2D eigenvalue weighted by Crippen LogP contribution is 2.07. The maximum Gasteiger partial charge on any atom is 0.141 e. The molecule has 7 heteroatoms. The van der Waals surface area contributed by atoms with Crippen LogP contribution in [0.25, 0.3) is 11.6 Å². The van der Waals surface area contributed by atoms with Gasteiger partial charge in [0.1, 0.15) is 36.9 Å². The number of nitrogens with zero attached hydrogens (tertiary/aromatic N) is 7. The van der Waals surface area contributed by atoms with Gasteiger partial charge in [0.2, 0.25) is 0 Å². The summed E-state index contributed by atoms with van der Waals surface area (Å²) in [6.07, 6.45) is 6.38. The van der Waals surface area contributed by atoms with Crippen molar-refractivity contribution in [3.05, 3.63) is 43.5 Å². The van der Waals surface area contributed by atoms with E-state index in [1.165, 1.54) is 0 Å². The topological polar surface area (TPSA) is 74.3 Å². The molecule has 0 saturated carbocycles. The van der Waals surface area contributed by atoms with E-state index in [9.17, 15) is 0 Å². The van der Waals surface area contributed by atoms with Crippen molar-refractivity contribution >= 4 is 0 Å². The molecule has 3 heterocycles. The van der Waals surface area contributed by atoms with Gasteiger partial charge in [0.25, 0.3) is 0 Å². The van der Waals surface area contributed by atoms with Crippen molar-refractivity contribution in [2.75, 3.05) is 0 Å². The first kappa shape index (κ1) is 8.72. The van der Waals surface area contributed by atoms with E-state index in [2.05, 4.69) is 25.4 Å². The van der Waals surface area contributed by atoms with Crippen LogP contribution in [0.2, 0.25) is 0 Å². The van der Waals surface area contributed by atoms with Gasteiger partial charge in [-0.3, -0.25) is 9.13 Å². The Kier molecular flexibility index (Phi) is 1.93. The van der Waals surface area contributed by atoms with Crippen LogP contribution >= 0.6 is 0 Å². The van der Waals surface area contributed by atoms with Gasteiger partial charge in [-0.05, 0) is 12.1 Å². The smallest absolute Gasteiger partial charge is 0.141 e. The molecule has 0 fully saturated rings. The lowest BCUT2D eigenvalue weighted by Gasteiger charge is -2.03. The normalized spacial score (nSPS) is 10.5. The summed E-state index contributed by atoms with van der Waals surface area (Å²) in [6.45, 7) is 0. The number of pyridine rings is 1. The lowest BCUT2D eigenvalue weighted by Crippen LogP contribution is -1.99. The number of hydrogen-bond donors (Lipinski definition) is 0. The Labute approximate surface area is 90.4 Å². The van der Waals surface area contributed by atoms with Crippen molar-refractivity contribution in [2.45, 2.75) is 0 Å². The van der Waals surface area contributed by atoms with Gasteiger partial charge in [-0.2, -0.15) is 0 Å². The van der Waals surface area contributed by atoms with Crippen LogP contribution in [-0.2, 0) is 0 Å². The van der Waals surface area contributed by atoms with Crippen molar-refractivity contribution in [3.8, 4) is 11.6 Å². The predicted molar refractivity (Wildman–Crippen MR) is 54.1 cm³/mol. The zero-order valence-corrected chi connectivity index (χ0v) is 8.17. The quantitative estimate of drug-likeness (QED) is 0.609. The van der Waals surface area contributed by atoms with Crippen molar-refractivity contribution in [1.29, 1.82) is 0 Å². The van der Waals surface area contributed by atoms with Crippen molar-refractivity contribution in [3.63, 3.8) is 0 Å². The maximum atomic E-state index is 4.42. The molecule has 3 rings (SSSR count). The summed E-state index contributed by atoms with van der Waals surface area (Å²) in [5, 5.41) is 14.9. The fourth-order valence-electron chi connectivity index (χ4n) is 1.34. The van der Waals surface area contributed by atoms with Crippen LogP contribution in [0.15, 0.2) is 43.5 Å². The van der Waals surface area contributed by atoms with E-state index in [1.807, 2.05) is 18.2 Å². The molecule has 0 aliphatic heterocycles. The molecule has 0 aromatic carbocycles. The molecule has 3 aromatic heterocycles. The van der Waals surface area contributed by atoms with E-state index in [-0.39, 0.29) is 0 Å². The lowest BCUT2D eigenvalue weighted by molar-refractivity contribution is 0.931. The summed E-state index contributed by atoms with van der Waals surface area (Å²) >= 11 is 0. The van der Waals surface area contributed by atoms with Gasteiger partial charge in [0.05, 0.1) is 0 Å². The Morgan fingerprint density at radius 3 is 1.56 bits per heavy atom. The van der Waals surface area contributed by atoms with Crippen LogP contribution in [0.1, 0.15) is 0 Å². The molecule has 0 unspecified atom stereocenters. The fraction of sp³-hybridized carbons (Fsp3) is 0. The van der Waals surface area contributed by atoms with Crippen LogP contribution in [0.5, 0.6) is 0 Å². The summed E-state index contributed by atoms with van der Waals surface area (Å²) in [5.41, 5.74) is 0. The molecule has 7 nitrogen and oxygen atoms in total. The Bertz CT molecular complexity index is 520. The molecular weight excluding hydrogens is 206 g/mol. The highest BCUT2D eigenvalue weighted by Gasteiger charge is 2.01. The molecule has 0 saturated heterocycles. The van der Waals surface area contributed by atoms with Gasteiger partial charge in [-0.15, -0.1) is 20.4 Å². The summed E-state index contributed by atoms with van der Waals surface area (Å²) in [6, 6.07) is 5.64. The highest BCUT2D eigenvalue weighted by atomic mass is 15.3. The SMILES string of the molecule is c1cc(-n2cnnc2)nc(-n2cnnc2)c1. The maximum absolute atomic E-state index is 4.42. The van der Waals surface area contributed by atoms with E-state index in [1.54, 1.807) is 34.4 Å². The van der Waals surface area contributed by atoms with E-state index < -0.39 is 0 Å². The molecule has 0 aliphatic rings. The molecule has 0 atom stereocenters. The first-order valence-corrected chi connectivity index (χ1v) is 4.60. The average Bonchev–Trinajstić information content (AvgIpc) is 3.03. The fourth-order valence-corrected chi connectivity index (χ4v) is 1.34. The van der Waals surface area contributed by atoms with Crippen molar-refractivity contribution in [1.82, 2.24) is 34.5 Å². The Balaban J connectivity index is 2.07. The first-order valence-electron chi connectivity index (χ1n) is 4.60. The zero-order chi connectivity index (χ0) is 10.8. The largest absolute Gasteiger partial charge is 0.272 e. The van der Waals surface area contributed by atoms with Gasteiger partial charge >= 0.3 is 0 Å². The van der Waals surface area contributed by atoms with Gasteiger partial charge in [-0.1, -0.05) is 6.07 Å². The minimum Gasteiger partial charge on any atom is -0.272 e. The monoisotopic (exact) mass is 213 g/mol. The summed E-state index contributed by atoms with van der Waals surface area (Å²) < 4.78 is 3.46. The van der Waals surface area contributed by atoms with E-state index in [4.69, 9.17) is 0 Å². The molecule has 78 valence electrons. The third kappa shape index (κ3) is 1.44. The van der Waals surface area contributed by atoms with Crippen LogP contribution in [0.3, 0.4) is 0 Å². The van der Waals surface area contributed by atoms with Gasteiger partial charge in [0.15, 0.2) is 0 Å². The van der Waals surface area contributed by atoms with Crippen LogP contribution < -0.4 is 0 Å². The molecular formula is C9H7N7. The molecule has 0 N–H and O–H groups in total. The summed E-state index contributed by atoms with van der Waals surface area (Å²) in [5.74, 6) is 1.49. The minimum atomic E-state index is 0.746. The molecule has 0 spiro atoms. The summed E-state index contributed by atoms with van der Waals surface area (Å²) in [4.78, 5) is 4.42. The Morgan fingerprint density at radius 2 is 1.12 bits per heavy atom. The number of rotatable bonds is 2. The van der Waals surface area contributed by atoms with Gasteiger partial charge in [0, 0.05) is 0 Å². The van der Waals surface area contributed by atoms with E-state index in [0.29, 0.717) is 0 Å². The first-order chi connectivity index (χ1) is 7.93. The third-order valence-electron chi connectivity index (χ3n) is 2.09. The summed E-state index contributed by atoms with van der Waals surface area (Å²) in [7, 11) is 0.